The van der Waals surface area contributed by atoms with Crippen LogP contribution in [-0.2, 0) is 10.0 Å². The summed E-state index contributed by atoms with van der Waals surface area (Å²) in [6.07, 6.45) is 1.62. The third kappa shape index (κ3) is 3.22. The molecule has 152 valence electrons. The van der Waals surface area contributed by atoms with E-state index < -0.39 is 10.0 Å². The summed E-state index contributed by atoms with van der Waals surface area (Å²) in [6.45, 7) is 1.26. The van der Waals surface area contributed by atoms with Crippen molar-refractivity contribution >= 4 is 32.6 Å². The molecule has 9 heteroatoms. The van der Waals surface area contributed by atoms with Gasteiger partial charge in [0.2, 0.25) is 5.89 Å². The van der Waals surface area contributed by atoms with E-state index in [4.69, 9.17) is 9.15 Å². The minimum absolute atomic E-state index is 0.116. The number of fused-ring (bicyclic) bond motifs is 2. The van der Waals surface area contributed by atoms with Crippen LogP contribution in [0.4, 0.5) is 11.4 Å². The van der Waals surface area contributed by atoms with E-state index in [0.717, 1.165) is 12.2 Å². The van der Waals surface area contributed by atoms with Gasteiger partial charge in [0.05, 0.1) is 28.4 Å². The topological polar surface area (TPSA) is 97.6 Å². The Bertz CT molecular complexity index is 1320. The third-order valence-corrected chi connectivity index (χ3v) is 6.27. The molecule has 0 aliphatic carbocycles. The molecular formula is C21H18N4O4S. The second kappa shape index (κ2) is 7.03. The van der Waals surface area contributed by atoms with E-state index in [0.29, 0.717) is 34.8 Å². The van der Waals surface area contributed by atoms with Crippen molar-refractivity contribution in [1.82, 2.24) is 9.97 Å². The second-order valence-electron chi connectivity index (χ2n) is 6.89. The highest BCUT2D eigenvalue weighted by Crippen LogP contribution is 2.35. The highest BCUT2D eigenvalue weighted by atomic mass is 32.2. The Labute approximate surface area is 173 Å². The molecule has 0 atom stereocenters. The summed E-state index contributed by atoms with van der Waals surface area (Å²) in [5.41, 5.74) is 2.73. The largest absolute Gasteiger partial charge is 0.490 e. The molecular weight excluding hydrogens is 404 g/mol. The van der Waals surface area contributed by atoms with Crippen LogP contribution in [0.25, 0.3) is 22.7 Å². The number of likely N-dealkylation sites (N-methyl/N-ethyl adjacent to an activating group) is 1. The van der Waals surface area contributed by atoms with Crippen molar-refractivity contribution < 1.29 is 17.6 Å². The number of hydrogen-bond donors (Lipinski definition) is 1. The van der Waals surface area contributed by atoms with Crippen LogP contribution in [0.3, 0.4) is 0 Å². The standard InChI is InChI=1S/C21H18N4O4S/c1-25-11-12-28-19-13-14(8-9-17(19)25)30(26,27)24-16-6-3-2-5-15(16)21-23-20-18(29-21)7-4-10-22-20/h2-10,13,24H,11-12H2,1H3. The lowest BCUT2D eigenvalue weighted by Gasteiger charge is -2.27. The van der Waals surface area contributed by atoms with E-state index in [1.54, 1.807) is 60.8 Å². The number of nitrogens with one attached hydrogen (secondary N) is 1. The number of ether oxygens (including phenoxy) is 1. The van der Waals surface area contributed by atoms with Crippen LogP contribution in [0.5, 0.6) is 5.75 Å². The summed E-state index contributed by atoms with van der Waals surface area (Å²) in [4.78, 5) is 10.7. The predicted molar refractivity (Wildman–Crippen MR) is 113 cm³/mol. The maximum Gasteiger partial charge on any atom is 0.262 e. The summed E-state index contributed by atoms with van der Waals surface area (Å²) in [7, 11) is -1.91. The smallest absolute Gasteiger partial charge is 0.262 e. The van der Waals surface area contributed by atoms with Gasteiger partial charge in [-0.15, -0.1) is 0 Å². The summed E-state index contributed by atoms with van der Waals surface area (Å²) < 4.78 is 40.2. The first-order valence-electron chi connectivity index (χ1n) is 9.33. The number of rotatable bonds is 4. The maximum absolute atomic E-state index is 13.1. The molecule has 1 aliphatic heterocycles. The van der Waals surface area contributed by atoms with E-state index >= 15 is 0 Å². The summed E-state index contributed by atoms with van der Waals surface area (Å²) in [5, 5.41) is 0. The van der Waals surface area contributed by atoms with Crippen molar-refractivity contribution in [3.63, 3.8) is 0 Å². The fraction of sp³-hybridized carbons (Fsp3) is 0.143. The molecule has 0 saturated heterocycles. The Morgan fingerprint density at radius 2 is 1.97 bits per heavy atom. The van der Waals surface area contributed by atoms with Crippen molar-refractivity contribution in [2.75, 3.05) is 29.8 Å². The molecule has 0 fully saturated rings. The average molecular weight is 422 g/mol. The Balaban J connectivity index is 1.51. The number of benzene rings is 2. The molecule has 1 N–H and O–H groups in total. The normalized spacial score (nSPS) is 13.7. The Hall–Kier alpha value is -3.59. The quantitative estimate of drug-likeness (QED) is 0.537. The van der Waals surface area contributed by atoms with Gasteiger partial charge >= 0.3 is 0 Å². The number of anilines is 2. The first-order valence-corrected chi connectivity index (χ1v) is 10.8. The molecule has 0 bridgehead atoms. The number of sulfonamides is 1. The van der Waals surface area contributed by atoms with E-state index in [2.05, 4.69) is 14.7 Å². The average Bonchev–Trinajstić information content (AvgIpc) is 3.18. The lowest BCUT2D eigenvalue weighted by Crippen LogP contribution is -2.29. The maximum atomic E-state index is 13.1. The molecule has 1 aliphatic rings. The zero-order chi connectivity index (χ0) is 20.7. The van der Waals surface area contributed by atoms with Crippen molar-refractivity contribution in [3.05, 3.63) is 60.8 Å². The molecule has 8 nitrogen and oxygen atoms in total. The number of aromatic nitrogens is 2. The Kier molecular flexibility index (Phi) is 4.32. The molecule has 3 heterocycles. The van der Waals surface area contributed by atoms with Gasteiger partial charge in [0.15, 0.2) is 11.2 Å². The molecule has 2 aromatic heterocycles. The predicted octanol–water partition coefficient (Wildman–Crippen LogP) is 3.52. The zero-order valence-electron chi connectivity index (χ0n) is 16.1. The summed E-state index contributed by atoms with van der Waals surface area (Å²) >= 11 is 0. The van der Waals surface area contributed by atoms with Gasteiger partial charge in [0, 0.05) is 19.3 Å². The van der Waals surface area contributed by atoms with Crippen molar-refractivity contribution in [3.8, 4) is 17.2 Å². The number of nitrogens with zero attached hydrogens (tertiary/aromatic N) is 3. The molecule has 4 aromatic rings. The molecule has 0 spiro atoms. The van der Waals surface area contributed by atoms with Gasteiger partial charge in [-0.3, -0.25) is 4.72 Å². The van der Waals surface area contributed by atoms with Crippen LogP contribution in [-0.4, -0.2) is 38.6 Å². The van der Waals surface area contributed by atoms with Gasteiger partial charge in [-0.1, -0.05) is 12.1 Å². The highest BCUT2D eigenvalue weighted by molar-refractivity contribution is 7.92. The minimum Gasteiger partial charge on any atom is -0.490 e. The fourth-order valence-corrected chi connectivity index (χ4v) is 4.45. The Morgan fingerprint density at radius 3 is 2.83 bits per heavy atom. The van der Waals surface area contributed by atoms with Gasteiger partial charge in [0.25, 0.3) is 10.0 Å². The number of hydrogen-bond acceptors (Lipinski definition) is 7. The lowest BCUT2D eigenvalue weighted by atomic mass is 10.2. The van der Waals surface area contributed by atoms with Gasteiger partial charge in [0.1, 0.15) is 12.4 Å². The molecule has 30 heavy (non-hydrogen) atoms. The van der Waals surface area contributed by atoms with E-state index in [9.17, 15) is 8.42 Å². The minimum atomic E-state index is -3.86. The van der Waals surface area contributed by atoms with Gasteiger partial charge in [-0.25, -0.2) is 13.4 Å². The summed E-state index contributed by atoms with van der Waals surface area (Å²) in [6, 6.07) is 15.3. The molecule has 2 aromatic carbocycles. The fourth-order valence-electron chi connectivity index (χ4n) is 3.35. The lowest BCUT2D eigenvalue weighted by molar-refractivity contribution is 0.310. The first-order chi connectivity index (χ1) is 14.5. The van der Waals surface area contributed by atoms with Crippen LogP contribution in [0.15, 0.2) is 70.1 Å². The molecule has 5 rings (SSSR count). The molecule has 0 saturated carbocycles. The molecule has 0 unspecified atom stereocenters. The van der Waals surface area contributed by atoms with Crippen molar-refractivity contribution in [2.45, 2.75) is 4.90 Å². The highest BCUT2D eigenvalue weighted by Gasteiger charge is 2.22. The van der Waals surface area contributed by atoms with Crippen LogP contribution in [0.1, 0.15) is 0 Å². The van der Waals surface area contributed by atoms with E-state index in [1.165, 1.54) is 0 Å². The number of para-hydroxylation sites is 1. The first kappa shape index (κ1) is 18.4. The van der Waals surface area contributed by atoms with Crippen LogP contribution < -0.4 is 14.4 Å². The number of oxazole rings is 1. The van der Waals surface area contributed by atoms with Crippen molar-refractivity contribution in [2.24, 2.45) is 0 Å². The monoisotopic (exact) mass is 422 g/mol. The van der Waals surface area contributed by atoms with Crippen LogP contribution >= 0.6 is 0 Å². The molecule has 0 radical (unpaired) electrons. The third-order valence-electron chi connectivity index (χ3n) is 4.90. The van der Waals surface area contributed by atoms with E-state index in [1.807, 2.05) is 11.9 Å². The zero-order valence-corrected chi connectivity index (χ0v) is 16.9. The molecule has 0 amide bonds. The van der Waals surface area contributed by atoms with E-state index in [-0.39, 0.29) is 10.8 Å². The van der Waals surface area contributed by atoms with Crippen LogP contribution in [0.2, 0.25) is 0 Å². The van der Waals surface area contributed by atoms with Gasteiger partial charge in [-0.2, -0.15) is 4.98 Å². The summed E-state index contributed by atoms with van der Waals surface area (Å²) in [5.74, 6) is 0.835. The van der Waals surface area contributed by atoms with Crippen LogP contribution in [0, 0.1) is 0 Å². The van der Waals surface area contributed by atoms with Gasteiger partial charge in [-0.05, 0) is 36.4 Å². The second-order valence-corrected chi connectivity index (χ2v) is 8.58. The number of pyridine rings is 1. The van der Waals surface area contributed by atoms with Crippen molar-refractivity contribution in [1.29, 1.82) is 0 Å². The SMILES string of the molecule is CN1CCOc2cc(S(=O)(=O)Nc3ccccc3-c3nc4ncccc4o3)ccc21. The Morgan fingerprint density at radius 1 is 1.10 bits per heavy atom. The van der Waals surface area contributed by atoms with Gasteiger partial charge < -0.3 is 14.1 Å².